The zero-order valence-electron chi connectivity index (χ0n) is 8.08. The Morgan fingerprint density at radius 1 is 1.36 bits per heavy atom. The number of nitrogens with one attached hydrogen (secondary N) is 1. The van der Waals surface area contributed by atoms with Gasteiger partial charge in [-0.15, -0.1) is 0 Å². The zero-order valence-corrected chi connectivity index (χ0v) is 8.08. The lowest BCUT2D eigenvalue weighted by molar-refractivity contribution is 0.300. The fraction of sp³-hybridized carbons (Fsp3) is 0.273. The van der Waals surface area contributed by atoms with E-state index in [4.69, 9.17) is 9.84 Å². The van der Waals surface area contributed by atoms with Gasteiger partial charge in [-0.2, -0.15) is 0 Å². The van der Waals surface area contributed by atoms with Gasteiger partial charge in [-0.05, 0) is 24.1 Å². The Labute approximate surface area is 82.3 Å². The number of H-pyrrole nitrogens is 1. The number of aromatic nitrogens is 1. The van der Waals surface area contributed by atoms with E-state index in [2.05, 4.69) is 4.98 Å². The summed E-state index contributed by atoms with van der Waals surface area (Å²) in [7, 11) is 1.66. The molecule has 0 fully saturated rings. The number of fused-ring (bicyclic) bond motifs is 1. The molecule has 14 heavy (non-hydrogen) atoms. The van der Waals surface area contributed by atoms with Crippen LogP contribution in [-0.4, -0.2) is 23.8 Å². The Bertz CT molecular complexity index is 434. The molecular weight excluding hydrogens is 178 g/mol. The average molecular weight is 191 g/mol. The van der Waals surface area contributed by atoms with Crippen molar-refractivity contribution in [1.29, 1.82) is 0 Å². The van der Waals surface area contributed by atoms with Gasteiger partial charge >= 0.3 is 0 Å². The van der Waals surface area contributed by atoms with Crippen molar-refractivity contribution in [2.45, 2.75) is 6.42 Å². The van der Waals surface area contributed by atoms with Gasteiger partial charge in [-0.3, -0.25) is 0 Å². The summed E-state index contributed by atoms with van der Waals surface area (Å²) in [5, 5.41) is 9.97. The quantitative estimate of drug-likeness (QED) is 0.775. The second kappa shape index (κ2) is 3.72. The summed E-state index contributed by atoms with van der Waals surface area (Å²) in [5.41, 5.74) is 2.17. The predicted octanol–water partition coefficient (Wildman–Crippen LogP) is 1.71. The molecule has 0 atom stereocenters. The van der Waals surface area contributed by atoms with Crippen LogP contribution in [0.3, 0.4) is 0 Å². The van der Waals surface area contributed by atoms with Crippen LogP contribution in [0.15, 0.2) is 24.4 Å². The first kappa shape index (κ1) is 9.09. The molecule has 3 nitrogen and oxygen atoms in total. The van der Waals surface area contributed by atoms with Crippen LogP contribution in [0.5, 0.6) is 5.75 Å². The molecule has 74 valence electrons. The highest BCUT2D eigenvalue weighted by atomic mass is 16.5. The lowest BCUT2D eigenvalue weighted by Gasteiger charge is -2.05. The number of methoxy groups -OCH3 is 1. The van der Waals surface area contributed by atoms with E-state index in [-0.39, 0.29) is 6.61 Å². The minimum atomic E-state index is 0.167. The second-order valence-electron chi connectivity index (χ2n) is 3.17. The molecule has 0 bridgehead atoms. The maximum Gasteiger partial charge on any atom is 0.128 e. The molecule has 0 spiro atoms. The first-order valence-electron chi connectivity index (χ1n) is 4.60. The first-order valence-corrected chi connectivity index (χ1v) is 4.60. The molecule has 1 heterocycles. The average Bonchev–Trinajstić information content (AvgIpc) is 2.67. The molecule has 0 unspecified atom stereocenters. The zero-order chi connectivity index (χ0) is 9.97. The normalized spacial score (nSPS) is 10.7. The molecule has 1 aromatic carbocycles. The highest BCUT2D eigenvalue weighted by Gasteiger charge is 2.06. The molecule has 0 aliphatic heterocycles. The molecule has 0 aliphatic rings. The van der Waals surface area contributed by atoms with E-state index in [1.54, 1.807) is 7.11 Å². The Morgan fingerprint density at radius 2 is 2.21 bits per heavy atom. The highest BCUT2D eigenvalue weighted by Crippen LogP contribution is 2.27. The van der Waals surface area contributed by atoms with E-state index in [0.717, 1.165) is 22.2 Å². The second-order valence-corrected chi connectivity index (χ2v) is 3.17. The SMILES string of the molecule is COc1ccc(CCO)c2[nH]ccc12. The maximum atomic E-state index is 8.90. The number of rotatable bonds is 3. The largest absolute Gasteiger partial charge is 0.496 e. The molecule has 0 saturated carbocycles. The minimum absolute atomic E-state index is 0.167. The molecular formula is C11H13NO2. The molecule has 2 N–H and O–H groups in total. The number of aliphatic hydroxyl groups is 1. The van der Waals surface area contributed by atoms with Crippen molar-refractivity contribution in [2.75, 3.05) is 13.7 Å². The van der Waals surface area contributed by atoms with Gasteiger partial charge in [-0.25, -0.2) is 0 Å². The van der Waals surface area contributed by atoms with Gasteiger partial charge < -0.3 is 14.8 Å². The van der Waals surface area contributed by atoms with Gasteiger partial charge in [0.1, 0.15) is 5.75 Å². The number of ether oxygens (including phenoxy) is 1. The van der Waals surface area contributed by atoms with Crippen LogP contribution in [0.4, 0.5) is 0 Å². The minimum Gasteiger partial charge on any atom is -0.496 e. The van der Waals surface area contributed by atoms with Crippen molar-refractivity contribution in [1.82, 2.24) is 4.98 Å². The highest BCUT2D eigenvalue weighted by molar-refractivity contribution is 5.88. The van der Waals surface area contributed by atoms with Gasteiger partial charge in [0.25, 0.3) is 0 Å². The summed E-state index contributed by atoms with van der Waals surface area (Å²) in [6, 6.07) is 5.89. The topological polar surface area (TPSA) is 45.2 Å². The van der Waals surface area contributed by atoms with Gasteiger partial charge in [-0.1, -0.05) is 6.07 Å². The summed E-state index contributed by atoms with van der Waals surface area (Å²) in [6.07, 6.45) is 2.55. The Kier molecular flexibility index (Phi) is 2.41. The number of benzene rings is 1. The molecule has 0 radical (unpaired) electrons. The fourth-order valence-corrected chi connectivity index (χ4v) is 1.70. The molecule has 0 saturated heterocycles. The molecule has 2 aromatic rings. The maximum absolute atomic E-state index is 8.90. The van der Waals surface area contributed by atoms with E-state index in [1.165, 1.54) is 0 Å². The standard InChI is InChI=1S/C11H13NO2/c1-14-10-3-2-8(5-7-13)11-9(10)4-6-12-11/h2-4,6,12-13H,5,7H2,1H3. The molecule has 1 aromatic heterocycles. The van der Waals surface area contributed by atoms with Crippen molar-refractivity contribution in [3.63, 3.8) is 0 Å². The van der Waals surface area contributed by atoms with Crippen molar-refractivity contribution in [3.05, 3.63) is 30.0 Å². The van der Waals surface area contributed by atoms with Crippen LogP contribution < -0.4 is 4.74 Å². The Hall–Kier alpha value is -1.48. The Balaban J connectivity index is 2.59. The smallest absolute Gasteiger partial charge is 0.128 e. The number of aromatic amines is 1. The lowest BCUT2D eigenvalue weighted by Crippen LogP contribution is -1.93. The van der Waals surface area contributed by atoms with Crippen LogP contribution in [-0.2, 0) is 6.42 Å². The predicted molar refractivity (Wildman–Crippen MR) is 55.6 cm³/mol. The van der Waals surface area contributed by atoms with Crippen LogP contribution in [0.25, 0.3) is 10.9 Å². The van der Waals surface area contributed by atoms with Crippen molar-refractivity contribution in [3.8, 4) is 5.75 Å². The van der Waals surface area contributed by atoms with Crippen LogP contribution in [0.1, 0.15) is 5.56 Å². The van der Waals surface area contributed by atoms with E-state index >= 15 is 0 Å². The van der Waals surface area contributed by atoms with Crippen molar-refractivity contribution < 1.29 is 9.84 Å². The number of hydrogen-bond donors (Lipinski definition) is 2. The molecule has 2 rings (SSSR count). The third-order valence-electron chi connectivity index (χ3n) is 2.37. The van der Waals surface area contributed by atoms with E-state index in [0.29, 0.717) is 6.42 Å². The Morgan fingerprint density at radius 3 is 2.93 bits per heavy atom. The summed E-state index contributed by atoms with van der Waals surface area (Å²) in [5.74, 6) is 0.864. The first-order chi connectivity index (χ1) is 6.86. The number of aliphatic hydroxyl groups excluding tert-OH is 1. The summed E-state index contributed by atoms with van der Waals surface area (Å²) < 4.78 is 5.24. The monoisotopic (exact) mass is 191 g/mol. The lowest BCUT2D eigenvalue weighted by atomic mass is 10.1. The van der Waals surface area contributed by atoms with Crippen molar-refractivity contribution in [2.24, 2.45) is 0 Å². The van der Waals surface area contributed by atoms with Gasteiger partial charge in [0.05, 0.1) is 12.6 Å². The van der Waals surface area contributed by atoms with E-state index in [9.17, 15) is 0 Å². The van der Waals surface area contributed by atoms with Crippen LogP contribution >= 0.6 is 0 Å². The summed E-state index contributed by atoms with van der Waals surface area (Å²) in [6.45, 7) is 0.167. The third-order valence-corrected chi connectivity index (χ3v) is 2.37. The van der Waals surface area contributed by atoms with E-state index < -0.39 is 0 Å². The fourth-order valence-electron chi connectivity index (χ4n) is 1.70. The van der Waals surface area contributed by atoms with Gasteiger partial charge in [0.15, 0.2) is 0 Å². The number of hydrogen-bond acceptors (Lipinski definition) is 2. The van der Waals surface area contributed by atoms with Crippen LogP contribution in [0.2, 0.25) is 0 Å². The molecule has 0 amide bonds. The summed E-state index contributed by atoms with van der Waals surface area (Å²) >= 11 is 0. The van der Waals surface area contributed by atoms with Gasteiger partial charge in [0, 0.05) is 18.2 Å². The third kappa shape index (κ3) is 1.36. The molecule has 3 heteroatoms. The van der Waals surface area contributed by atoms with E-state index in [1.807, 2.05) is 24.4 Å². The van der Waals surface area contributed by atoms with Crippen molar-refractivity contribution >= 4 is 10.9 Å². The molecule has 0 aliphatic carbocycles. The van der Waals surface area contributed by atoms with Gasteiger partial charge in [0.2, 0.25) is 0 Å². The van der Waals surface area contributed by atoms with Crippen LogP contribution in [0, 0.1) is 0 Å². The summed E-state index contributed by atoms with van der Waals surface area (Å²) in [4.78, 5) is 3.16.